The van der Waals surface area contributed by atoms with Gasteiger partial charge < -0.3 is 11.1 Å². The lowest BCUT2D eigenvalue weighted by atomic mass is 10.1. The van der Waals surface area contributed by atoms with Crippen LogP contribution in [0.1, 0.15) is 11.1 Å². The molecule has 7 heteroatoms. The first-order valence-corrected chi connectivity index (χ1v) is 8.48. The molecule has 0 aliphatic carbocycles. The van der Waals surface area contributed by atoms with Crippen LogP contribution in [0.15, 0.2) is 39.7 Å². The van der Waals surface area contributed by atoms with E-state index in [1.807, 2.05) is 25.1 Å². The minimum absolute atomic E-state index is 0.0220. The molecule has 2 aromatic rings. The second-order valence-electron chi connectivity index (χ2n) is 4.84. The number of nitrogens with two attached hydrogens (primary N) is 2. The second-order valence-corrected chi connectivity index (χ2v) is 7.23. The fraction of sp³-hybridized carbons (Fsp3) is 0.143. The van der Waals surface area contributed by atoms with Gasteiger partial charge in [-0.2, -0.15) is 0 Å². The predicted octanol–water partition coefficient (Wildman–Crippen LogP) is 3.04. The zero-order valence-corrected chi connectivity index (χ0v) is 14.0. The summed E-state index contributed by atoms with van der Waals surface area (Å²) >= 11 is 3.45. The first-order valence-electron chi connectivity index (χ1n) is 6.14. The third kappa shape index (κ3) is 3.55. The molecule has 0 saturated heterocycles. The van der Waals surface area contributed by atoms with E-state index in [4.69, 9.17) is 10.9 Å². The van der Waals surface area contributed by atoms with Crippen molar-refractivity contribution in [2.24, 2.45) is 5.14 Å². The lowest BCUT2D eigenvalue weighted by molar-refractivity contribution is 0.597. The molecule has 2 rings (SSSR count). The Labute approximate surface area is 132 Å². The second kappa shape index (κ2) is 5.67. The van der Waals surface area contributed by atoms with Gasteiger partial charge in [-0.25, -0.2) is 13.6 Å². The van der Waals surface area contributed by atoms with Gasteiger partial charge in [-0.1, -0.05) is 6.07 Å². The summed E-state index contributed by atoms with van der Waals surface area (Å²) in [5.74, 6) is 0. The normalized spacial score (nSPS) is 11.4. The molecule has 5 nitrogen and oxygen atoms in total. The average Bonchev–Trinajstić information content (AvgIpc) is 2.36. The first kappa shape index (κ1) is 15.8. The van der Waals surface area contributed by atoms with Crippen molar-refractivity contribution < 1.29 is 8.42 Å². The minimum atomic E-state index is -3.82. The van der Waals surface area contributed by atoms with Crippen molar-refractivity contribution in [2.75, 3.05) is 11.1 Å². The molecule has 2 aromatic carbocycles. The average molecular weight is 370 g/mol. The molecule has 0 fully saturated rings. The van der Waals surface area contributed by atoms with E-state index in [0.29, 0.717) is 16.9 Å². The van der Waals surface area contributed by atoms with Gasteiger partial charge in [0.2, 0.25) is 10.0 Å². The number of rotatable bonds is 3. The van der Waals surface area contributed by atoms with Crippen LogP contribution in [0.3, 0.4) is 0 Å². The van der Waals surface area contributed by atoms with Gasteiger partial charge >= 0.3 is 0 Å². The third-order valence-corrected chi connectivity index (χ3v) is 4.81. The van der Waals surface area contributed by atoms with Crippen LogP contribution in [0, 0.1) is 13.8 Å². The van der Waals surface area contributed by atoms with Crippen LogP contribution in [0.25, 0.3) is 0 Å². The van der Waals surface area contributed by atoms with Crippen LogP contribution in [-0.4, -0.2) is 8.42 Å². The molecule has 0 aliphatic heterocycles. The van der Waals surface area contributed by atoms with Crippen molar-refractivity contribution in [3.05, 3.63) is 45.9 Å². The molecule has 21 heavy (non-hydrogen) atoms. The number of benzene rings is 2. The van der Waals surface area contributed by atoms with Crippen LogP contribution in [0.2, 0.25) is 0 Å². The van der Waals surface area contributed by atoms with E-state index >= 15 is 0 Å². The molecule has 0 aromatic heterocycles. The topological polar surface area (TPSA) is 98.2 Å². The SMILES string of the molecule is Cc1ccc(Br)c(Nc2cc(N)cc(S(N)(=O)=O)c2C)c1. The highest BCUT2D eigenvalue weighted by Crippen LogP contribution is 2.32. The number of sulfonamides is 1. The maximum Gasteiger partial charge on any atom is 0.238 e. The van der Waals surface area contributed by atoms with E-state index in [1.165, 1.54) is 6.07 Å². The van der Waals surface area contributed by atoms with Gasteiger partial charge in [0, 0.05) is 15.8 Å². The van der Waals surface area contributed by atoms with E-state index in [1.54, 1.807) is 13.0 Å². The molecular formula is C14H16BrN3O2S. The minimum Gasteiger partial charge on any atom is -0.399 e. The standard InChI is InChI=1S/C14H16BrN3O2S/c1-8-3-4-11(15)13(5-8)18-12-6-10(16)7-14(9(12)2)21(17,19)20/h3-7,18H,16H2,1-2H3,(H2,17,19,20). The maximum atomic E-state index is 11.6. The Kier molecular flexibility index (Phi) is 4.27. The fourth-order valence-electron chi connectivity index (χ4n) is 2.01. The number of aryl methyl sites for hydroxylation is 1. The molecule has 0 radical (unpaired) electrons. The van der Waals surface area contributed by atoms with Crippen LogP contribution < -0.4 is 16.2 Å². The van der Waals surface area contributed by atoms with Crippen molar-refractivity contribution in [1.29, 1.82) is 0 Å². The first-order chi connectivity index (χ1) is 9.68. The number of hydrogen-bond donors (Lipinski definition) is 3. The molecule has 112 valence electrons. The lowest BCUT2D eigenvalue weighted by Gasteiger charge is -2.15. The van der Waals surface area contributed by atoms with Crippen molar-refractivity contribution >= 4 is 43.0 Å². The van der Waals surface area contributed by atoms with Gasteiger partial charge in [0.05, 0.1) is 10.6 Å². The summed E-state index contributed by atoms with van der Waals surface area (Å²) in [6.45, 7) is 3.66. The number of halogens is 1. The van der Waals surface area contributed by atoms with E-state index in [0.717, 1.165) is 15.7 Å². The van der Waals surface area contributed by atoms with E-state index in [-0.39, 0.29) is 4.90 Å². The van der Waals surface area contributed by atoms with Crippen molar-refractivity contribution in [1.82, 2.24) is 0 Å². The van der Waals surface area contributed by atoms with Gasteiger partial charge in [0.25, 0.3) is 0 Å². The molecule has 0 heterocycles. The van der Waals surface area contributed by atoms with Gasteiger partial charge in [0.1, 0.15) is 0 Å². The summed E-state index contributed by atoms with van der Waals surface area (Å²) in [6, 6.07) is 8.88. The molecule has 0 bridgehead atoms. The monoisotopic (exact) mass is 369 g/mol. The number of primary sulfonamides is 1. The van der Waals surface area contributed by atoms with Crippen molar-refractivity contribution in [3.8, 4) is 0 Å². The summed E-state index contributed by atoms with van der Waals surface area (Å²) in [6.07, 6.45) is 0. The van der Waals surface area contributed by atoms with Crippen molar-refractivity contribution in [3.63, 3.8) is 0 Å². The van der Waals surface area contributed by atoms with Crippen LogP contribution >= 0.6 is 15.9 Å². The number of nitrogens with one attached hydrogen (secondary N) is 1. The van der Waals surface area contributed by atoms with Gasteiger partial charge in [0.15, 0.2) is 0 Å². The summed E-state index contributed by atoms with van der Waals surface area (Å²) in [7, 11) is -3.82. The molecule has 0 amide bonds. The highest BCUT2D eigenvalue weighted by Gasteiger charge is 2.16. The van der Waals surface area contributed by atoms with Gasteiger partial charge in [-0.05, 0) is 65.2 Å². The Bertz CT molecular complexity index is 804. The Hall–Kier alpha value is -1.57. The van der Waals surface area contributed by atoms with Crippen LogP contribution in [0.5, 0.6) is 0 Å². The van der Waals surface area contributed by atoms with Crippen molar-refractivity contribution in [2.45, 2.75) is 18.7 Å². The summed E-state index contributed by atoms with van der Waals surface area (Å²) < 4.78 is 24.1. The molecule has 0 aliphatic rings. The lowest BCUT2D eigenvalue weighted by Crippen LogP contribution is -2.15. The largest absolute Gasteiger partial charge is 0.399 e. The zero-order valence-electron chi connectivity index (χ0n) is 11.6. The quantitative estimate of drug-likeness (QED) is 0.724. The highest BCUT2D eigenvalue weighted by atomic mass is 79.9. The summed E-state index contributed by atoms with van der Waals surface area (Å²) in [4.78, 5) is 0.0220. The van der Waals surface area contributed by atoms with E-state index in [2.05, 4.69) is 21.2 Å². The molecule has 5 N–H and O–H groups in total. The Morgan fingerprint density at radius 3 is 2.38 bits per heavy atom. The zero-order chi connectivity index (χ0) is 15.8. The van der Waals surface area contributed by atoms with E-state index in [9.17, 15) is 8.42 Å². The number of nitrogen functional groups attached to an aromatic ring is 1. The smallest absolute Gasteiger partial charge is 0.238 e. The molecule has 0 atom stereocenters. The van der Waals surface area contributed by atoms with E-state index < -0.39 is 10.0 Å². The Balaban J connectivity index is 2.55. The Morgan fingerprint density at radius 2 is 1.76 bits per heavy atom. The predicted molar refractivity (Wildman–Crippen MR) is 89.1 cm³/mol. The molecule has 0 saturated carbocycles. The van der Waals surface area contributed by atoms with Gasteiger partial charge in [-0.3, -0.25) is 0 Å². The van der Waals surface area contributed by atoms with Crippen LogP contribution in [-0.2, 0) is 10.0 Å². The summed E-state index contributed by atoms with van der Waals surface area (Å²) in [5.41, 5.74) is 9.14. The highest BCUT2D eigenvalue weighted by molar-refractivity contribution is 9.10. The third-order valence-electron chi connectivity index (χ3n) is 3.08. The van der Waals surface area contributed by atoms with Gasteiger partial charge in [-0.15, -0.1) is 0 Å². The summed E-state index contributed by atoms with van der Waals surface area (Å²) in [5, 5.41) is 8.41. The van der Waals surface area contributed by atoms with Crippen LogP contribution in [0.4, 0.5) is 17.1 Å². The Morgan fingerprint density at radius 1 is 1.10 bits per heavy atom. The maximum absolute atomic E-state index is 11.6. The molecule has 0 unspecified atom stereocenters. The number of anilines is 3. The molecule has 0 spiro atoms. The fourth-order valence-corrected chi connectivity index (χ4v) is 3.20. The molecular weight excluding hydrogens is 354 g/mol. The number of hydrogen-bond acceptors (Lipinski definition) is 4.